The van der Waals surface area contributed by atoms with Crippen LogP contribution in [0.4, 0.5) is 0 Å². The number of rotatable bonds is 2. The Morgan fingerprint density at radius 3 is 2.59 bits per heavy atom. The van der Waals surface area contributed by atoms with Crippen molar-refractivity contribution in [1.82, 2.24) is 0 Å². The summed E-state index contributed by atoms with van der Waals surface area (Å²) in [5, 5.41) is 2.45. The average molecular weight is 224 g/mol. The largest absolute Gasteiger partial charge is 0.456 e. The molecule has 86 valence electrons. The van der Waals surface area contributed by atoms with E-state index < -0.39 is 0 Å². The third kappa shape index (κ3) is 1.54. The van der Waals surface area contributed by atoms with Crippen LogP contribution in [0.5, 0.6) is 0 Å². The Morgan fingerprint density at radius 1 is 1.00 bits per heavy atom. The maximum Gasteiger partial charge on any atom is 0.138 e. The summed E-state index contributed by atoms with van der Waals surface area (Å²) < 4.78 is 6.01. The van der Waals surface area contributed by atoms with Gasteiger partial charge in [0.1, 0.15) is 11.2 Å². The summed E-state index contributed by atoms with van der Waals surface area (Å²) in [6.07, 6.45) is 1.14. The van der Waals surface area contributed by atoms with E-state index in [0.29, 0.717) is 5.92 Å². The van der Waals surface area contributed by atoms with Crippen molar-refractivity contribution in [2.75, 3.05) is 0 Å². The minimum Gasteiger partial charge on any atom is -0.456 e. The maximum atomic E-state index is 6.01. The zero-order valence-corrected chi connectivity index (χ0v) is 10.2. The van der Waals surface area contributed by atoms with Gasteiger partial charge in [-0.3, -0.25) is 0 Å². The molecule has 0 bridgehead atoms. The molecule has 0 aliphatic carbocycles. The molecule has 2 aromatic carbocycles. The minimum absolute atomic E-state index is 0.541. The first-order chi connectivity index (χ1) is 8.31. The van der Waals surface area contributed by atoms with Gasteiger partial charge in [0.05, 0.1) is 0 Å². The van der Waals surface area contributed by atoms with E-state index in [9.17, 15) is 0 Å². The predicted molar refractivity (Wildman–Crippen MR) is 72.4 cm³/mol. The van der Waals surface area contributed by atoms with Crippen molar-refractivity contribution >= 4 is 21.9 Å². The number of furan rings is 1. The second kappa shape index (κ2) is 3.92. The van der Waals surface area contributed by atoms with Crippen LogP contribution in [0.15, 0.2) is 46.9 Å². The molecule has 1 atom stereocenters. The van der Waals surface area contributed by atoms with Gasteiger partial charge in [-0.1, -0.05) is 50.2 Å². The summed E-state index contributed by atoms with van der Waals surface area (Å²) in [5.74, 6) is 0.541. The third-order valence-electron chi connectivity index (χ3n) is 3.58. The lowest BCUT2D eigenvalue weighted by molar-refractivity contribution is 0.646. The molecule has 1 aromatic heterocycles. The monoisotopic (exact) mass is 224 g/mol. The Bertz CT molecular complexity index is 663. The van der Waals surface area contributed by atoms with Crippen molar-refractivity contribution in [2.45, 2.75) is 26.2 Å². The second-order valence-electron chi connectivity index (χ2n) is 4.63. The molecule has 3 aromatic rings. The fourth-order valence-corrected chi connectivity index (χ4v) is 2.38. The summed E-state index contributed by atoms with van der Waals surface area (Å²) in [4.78, 5) is 0. The van der Waals surface area contributed by atoms with E-state index in [0.717, 1.165) is 17.6 Å². The third-order valence-corrected chi connectivity index (χ3v) is 3.58. The lowest BCUT2D eigenvalue weighted by Crippen LogP contribution is -1.90. The lowest BCUT2D eigenvalue weighted by Gasteiger charge is -2.08. The summed E-state index contributed by atoms with van der Waals surface area (Å²) in [6.45, 7) is 4.47. The normalized spacial score (nSPS) is 13.3. The lowest BCUT2D eigenvalue weighted by atomic mass is 9.96. The van der Waals surface area contributed by atoms with Crippen molar-refractivity contribution in [3.63, 3.8) is 0 Å². The molecule has 0 radical (unpaired) electrons. The van der Waals surface area contributed by atoms with Crippen LogP contribution in [-0.4, -0.2) is 0 Å². The van der Waals surface area contributed by atoms with Crippen molar-refractivity contribution in [3.05, 3.63) is 48.0 Å². The quantitative estimate of drug-likeness (QED) is 0.590. The molecule has 1 heterocycles. The fraction of sp³-hybridized carbons (Fsp3) is 0.250. The Labute approximate surface area is 101 Å². The van der Waals surface area contributed by atoms with Gasteiger partial charge in [-0.25, -0.2) is 0 Å². The molecule has 0 fully saturated rings. The minimum atomic E-state index is 0.541. The zero-order chi connectivity index (χ0) is 11.8. The fourth-order valence-electron chi connectivity index (χ4n) is 2.38. The van der Waals surface area contributed by atoms with Crippen LogP contribution >= 0.6 is 0 Å². The molecule has 1 nitrogen and oxygen atoms in total. The predicted octanol–water partition coefficient (Wildman–Crippen LogP) is 5.10. The highest BCUT2D eigenvalue weighted by Gasteiger charge is 2.13. The number of benzene rings is 2. The summed E-state index contributed by atoms with van der Waals surface area (Å²) in [7, 11) is 0. The van der Waals surface area contributed by atoms with Crippen LogP contribution in [-0.2, 0) is 0 Å². The smallest absolute Gasteiger partial charge is 0.138 e. The van der Waals surface area contributed by atoms with Gasteiger partial charge in [0.2, 0.25) is 0 Å². The van der Waals surface area contributed by atoms with Crippen LogP contribution in [0.25, 0.3) is 21.9 Å². The van der Waals surface area contributed by atoms with Crippen LogP contribution < -0.4 is 0 Å². The van der Waals surface area contributed by atoms with Crippen LogP contribution in [0, 0.1) is 0 Å². The number of hydrogen-bond donors (Lipinski definition) is 0. The number of fused-ring (bicyclic) bond motifs is 3. The molecule has 3 rings (SSSR count). The van der Waals surface area contributed by atoms with Gasteiger partial charge in [-0.05, 0) is 24.0 Å². The molecule has 1 unspecified atom stereocenters. The van der Waals surface area contributed by atoms with E-state index in [1.807, 2.05) is 12.1 Å². The van der Waals surface area contributed by atoms with E-state index >= 15 is 0 Å². The maximum absolute atomic E-state index is 6.01. The molecular weight excluding hydrogens is 208 g/mol. The zero-order valence-electron chi connectivity index (χ0n) is 10.2. The summed E-state index contributed by atoms with van der Waals surface area (Å²) >= 11 is 0. The Balaban J connectivity index is 2.39. The second-order valence-corrected chi connectivity index (χ2v) is 4.63. The van der Waals surface area contributed by atoms with Gasteiger partial charge in [0.15, 0.2) is 0 Å². The molecule has 17 heavy (non-hydrogen) atoms. The molecule has 0 amide bonds. The Morgan fingerprint density at radius 2 is 1.76 bits per heavy atom. The van der Waals surface area contributed by atoms with E-state index in [4.69, 9.17) is 4.42 Å². The van der Waals surface area contributed by atoms with Gasteiger partial charge in [0.25, 0.3) is 0 Å². The molecule has 0 spiro atoms. The highest BCUT2D eigenvalue weighted by molar-refractivity contribution is 6.05. The average Bonchev–Trinajstić information content (AvgIpc) is 2.76. The molecule has 0 aliphatic rings. The van der Waals surface area contributed by atoms with Gasteiger partial charge >= 0.3 is 0 Å². The van der Waals surface area contributed by atoms with Crippen molar-refractivity contribution in [3.8, 4) is 0 Å². The molecule has 0 N–H and O–H groups in total. The van der Waals surface area contributed by atoms with Gasteiger partial charge < -0.3 is 4.42 Å². The van der Waals surface area contributed by atoms with E-state index in [1.54, 1.807) is 0 Å². The highest BCUT2D eigenvalue weighted by atomic mass is 16.3. The van der Waals surface area contributed by atoms with Crippen molar-refractivity contribution < 1.29 is 4.42 Å². The van der Waals surface area contributed by atoms with Gasteiger partial charge in [-0.2, -0.15) is 0 Å². The first-order valence-electron chi connectivity index (χ1n) is 6.21. The van der Waals surface area contributed by atoms with Crippen molar-refractivity contribution in [2.24, 2.45) is 0 Å². The number of hydrogen-bond acceptors (Lipinski definition) is 1. The molecule has 0 saturated heterocycles. The molecular formula is C16H16O. The molecule has 0 saturated carbocycles. The van der Waals surface area contributed by atoms with Gasteiger partial charge in [0, 0.05) is 10.8 Å². The van der Waals surface area contributed by atoms with Gasteiger partial charge in [-0.15, -0.1) is 0 Å². The Kier molecular flexibility index (Phi) is 2.40. The van der Waals surface area contributed by atoms with E-state index in [1.165, 1.54) is 16.3 Å². The van der Waals surface area contributed by atoms with Crippen LogP contribution in [0.3, 0.4) is 0 Å². The molecule has 1 heteroatoms. The standard InChI is InChI=1S/C16H16O/c1-3-11(2)12-8-6-9-14-13-7-4-5-10-15(13)17-16(12)14/h4-11H,3H2,1-2H3. The highest BCUT2D eigenvalue weighted by Crippen LogP contribution is 2.34. The van der Waals surface area contributed by atoms with Crippen LogP contribution in [0.2, 0.25) is 0 Å². The summed E-state index contributed by atoms with van der Waals surface area (Å²) in [6, 6.07) is 14.7. The topological polar surface area (TPSA) is 13.1 Å². The Hall–Kier alpha value is -1.76. The SMILES string of the molecule is CCC(C)c1cccc2c1oc1ccccc12. The molecule has 0 aliphatic heterocycles. The number of para-hydroxylation sites is 2. The van der Waals surface area contributed by atoms with Crippen LogP contribution in [0.1, 0.15) is 31.7 Å². The van der Waals surface area contributed by atoms with E-state index in [-0.39, 0.29) is 0 Å². The van der Waals surface area contributed by atoms with E-state index in [2.05, 4.69) is 44.2 Å². The summed E-state index contributed by atoms with van der Waals surface area (Å²) in [5.41, 5.74) is 3.36. The first kappa shape index (κ1) is 10.4. The van der Waals surface area contributed by atoms with Crippen molar-refractivity contribution in [1.29, 1.82) is 0 Å². The first-order valence-corrected chi connectivity index (χ1v) is 6.21.